The lowest BCUT2D eigenvalue weighted by Crippen LogP contribution is -2.40. The van der Waals surface area contributed by atoms with E-state index >= 15 is 0 Å². The lowest BCUT2D eigenvalue weighted by molar-refractivity contribution is -0.138. The van der Waals surface area contributed by atoms with Crippen molar-refractivity contribution >= 4 is 5.96 Å². The molecule has 0 bridgehead atoms. The molecule has 0 saturated heterocycles. The van der Waals surface area contributed by atoms with E-state index in [0.29, 0.717) is 18.6 Å². The van der Waals surface area contributed by atoms with Crippen molar-refractivity contribution in [1.29, 1.82) is 0 Å². The topological polar surface area (TPSA) is 56.7 Å². The maximum atomic E-state index is 13.1. The molecule has 2 unspecified atom stereocenters. The lowest BCUT2D eigenvalue weighted by Gasteiger charge is -2.19. The van der Waals surface area contributed by atoms with Gasteiger partial charge in [-0.25, -0.2) is 4.39 Å². The summed E-state index contributed by atoms with van der Waals surface area (Å²) < 4.78 is 52.0. The zero-order valence-electron chi connectivity index (χ0n) is 13.3. The molecule has 1 saturated carbocycles. The third-order valence-electron chi connectivity index (χ3n) is 4.20. The first kappa shape index (κ1) is 18.5. The Morgan fingerprint density at radius 1 is 1.29 bits per heavy atom. The van der Waals surface area contributed by atoms with E-state index in [1.165, 1.54) is 7.05 Å². The van der Waals surface area contributed by atoms with Crippen LogP contribution in [0.1, 0.15) is 30.4 Å². The van der Waals surface area contributed by atoms with E-state index < -0.39 is 17.6 Å². The Labute approximate surface area is 138 Å². The van der Waals surface area contributed by atoms with Crippen LogP contribution in [0.4, 0.5) is 17.6 Å². The number of aliphatic hydroxyl groups excluding tert-OH is 1. The van der Waals surface area contributed by atoms with Crippen LogP contribution in [0, 0.1) is 11.7 Å². The summed E-state index contributed by atoms with van der Waals surface area (Å²) in [7, 11) is 1.51. The Kier molecular flexibility index (Phi) is 6.04. The van der Waals surface area contributed by atoms with Gasteiger partial charge in [0, 0.05) is 26.1 Å². The molecule has 2 atom stereocenters. The number of rotatable bonds is 4. The standard InChI is InChI=1S/C16H21F4N3O/c1-21-15(23-9-11-3-2-4-14(11)24)22-8-10-5-6-12(17)7-13(10)16(18,19)20/h5-7,11,14,24H,2-4,8-9H2,1H3,(H2,21,22,23). The number of nitrogens with zero attached hydrogens (tertiary/aromatic N) is 1. The predicted molar refractivity (Wildman–Crippen MR) is 83.0 cm³/mol. The first-order valence-electron chi connectivity index (χ1n) is 7.79. The van der Waals surface area contributed by atoms with Gasteiger partial charge in [-0.15, -0.1) is 0 Å². The number of aliphatic hydroxyl groups is 1. The summed E-state index contributed by atoms with van der Waals surface area (Å²) in [5, 5.41) is 15.6. The van der Waals surface area contributed by atoms with Gasteiger partial charge in [-0.05, 0) is 30.5 Å². The van der Waals surface area contributed by atoms with Crippen molar-refractivity contribution < 1.29 is 22.7 Å². The van der Waals surface area contributed by atoms with Crippen molar-refractivity contribution in [2.75, 3.05) is 13.6 Å². The molecule has 0 heterocycles. The van der Waals surface area contributed by atoms with Crippen molar-refractivity contribution in [3.8, 4) is 0 Å². The zero-order valence-corrected chi connectivity index (χ0v) is 13.3. The van der Waals surface area contributed by atoms with Gasteiger partial charge in [-0.3, -0.25) is 4.99 Å². The summed E-state index contributed by atoms with van der Waals surface area (Å²) >= 11 is 0. The van der Waals surface area contributed by atoms with E-state index in [4.69, 9.17) is 0 Å². The summed E-state index contributed by atoms with van der Waals surface area (Å²) in [5.41, 5.74) is -1.07. The first-order valence-corrected chi connectivity index (χ1v) is 7.79. The molecule has 0 spiro atoms. The molecule has 24 heavy (non-hydrogen) atoms. The maximum Gasteiger partial charge on any atom is 0.416 e. The van der Waals surface area contributed by atoms with Gasteiger partial charge >= 0.3 is 6.18 Å². The van der Waals surface area contributed by atoms with E-state index in [2.05, 4.69) is 15.6 Å². The molecule has 0 aliphatic heterocycles. The number of alkyl halides is 3. The monoisotopic (exact) mass is 347 g/mol. The fourth-order valence-electron chi connectivity index (χ4n) is 2.85. The number of benzene rings is 1. The van der Waals surface area contributed by atoms with Crippen LogP contribution in [-0.4, -0.2) is 30.8 Å². The van der Waals surface area contributed by atoms with Gasteiger partial charge < -0.3 is 15.7 Å². The minimum Gasteiger partial charge on any atom is -0.393 e. The molecule has 1 aliphatic carbocycles. The molecule has 4 nitrogen and oxygen atoms in total. The first-order chi connectivity index (χ1) is 11.3. The van der Waals surface area contributed by atoms with Crippen LogP contribution in [0.2, 0.25) is 0 Å². The van der Waals surface area contributed by atoms with Crippen LogP contribution in [0.5, 0.6) is 0 Å². The second kappa shape index (κ2) is 7.83. The molecule has 0 radical (unpaired) electrons. The Morgan fingerprint density at radius 3 is 2.62 bits per heavy atom. The van der Waals surface area contributed by atoms with Crippen molar-refractivity contribution in [2.45, 2.75) is 38.1 Å². The van der Waals surface area contributed by atoms with Gasteiger partial charge in [-0.1, -0.05) is 12.5 Å². The highest BCUT2D eigenvalue weighted by Gasteiger charge is 2.33. The molecule has 3 N–H and O–H groups in total. The Hall–Kier alpha value is -1.83. The molecule has 0 aromatic heterocycles. The van der Waals surface area contributed by atoms with Crippen LogP contribution in [0.15, 0.2) is 23.2 Å². The van der Waals surface area contributed by atoms with Crippen LogP contribution in [0.25, 0.3) is 0 Å². The average Bonchev–Trinajstić information content (AvgIpc) is 2.93. The summed E-state index contributed by atoms with van der Waals surface area (Å²) in [6.07, 6.45) is -2.34. The number of hydrogen-bond acceptors (Lipinski definition) is 2. The largest absolute Gasteiger partial charge is 0.416 e. The maximum absolute atomic E-state index is 13.1. The van der Waals surface area contributed by atoms with Gasteiger partial charge in [0.2, 0.25) is 0 Å². The number of hydrogen-bond donors (Lipinski definition) is 3. The smallest absolute Gasteiger partial charge is 0.393 e. The van der Waals surface area contributed by atoms with Gasteiger partial charge in [0.05, 0.1) is 11.7 Å². The summed E-state index contributed by atoms with van der Waals surface area (Å²) in [6, 6.07) is 2.60. The molecule has 2 rings (SSSR count). The second-order valence-electron chi connectivity index (χ2n) is 5.86. The van der Waals surface area contributed by atoms with Crippen molar-refractivity contribution in [2.24, 2.45) is 10.9 Å². The van der Waals surface area contributed by atoms with Gasteiger partial charge in [0.15, 0.2) is 5.96 Å². The normalized spacial score (nSPS) is 21.8. The van der Waals surface area contributed by atoms with E-state index in [1.54, 1.807) is 0 Å². The fourth-order valence-corrected chi connectivity index (χ4v) is 2.85. The number of guanidine groups is 1. The van der Waals surface area contributed by atoms with Crippen LogP contribution < -0.4 is 10.6 Å². The average molecular weight is 347 g/mol. The van der Waals surface area contributed by atoms with Crippen molar-refractivity contribution in [1.82, 2.24) is 10.6 Å². The number of halogens is 4. The van der Waals surface area contributed by atoms with E-state index in [1.807, 2.05) is 0 Å². The highest BCUT2D eigenvalue weighted by molar-refractivity contribution is 5.79. The number of nitrogens with one attached hydrogen (secondary N) is 2. The molecule has 1 aromatic rings. The van der Waals surface area contributed by atoms with E-state index in [-0.39, 0.29) is 24.1 Å². The van der Waals surface area contributed by atoms with Crippen molar-refractivity contribution in [3.63, 3.8) is 0 Å². The predicted octanol–water partition coefficient (Wildman–Crippen LogP) is 2.67. The quantitative estimate of drug-likeness (QED) is 0.446. The summed E-state index contributed by atoms with van der Waals surface area (Å²) in [6.45, 7) is 0.360. The van der Waals surface area contributed by atoms with Gasteiger partial charge in [0.1, 0.15) is 5.82 Å². The van der Waals surface area contributed by atoms with E-state index in [9.17, 15) is 22.7 Å². The molecular weight excluding hydrogens is 326 g/mol. The third-order valence-corrected chi connectivity index (χ3v) is 4.20. The van der Waals surface area contributed by atoms with E-state index in [0.717, 1.165) is 31.4 Å². The van der Waals surface area contributed by atoms with Crippen LogP contribution in [0.3, 0.4) is 0 Å². The molecule has 0 amide bonds. The fraction of sp³-hybridized carbons (Fsp3) is 0.562. The highest BCUT2D eigenvalue weighted by Crippen LogP contribution is 2.32. The summed E-state index contributed by atoms with van der Waals surface area (Å²) in [4.78, 5) is 3.96. The Balaban J connectivity index is 1.96. The molecular formula is C16H21F4N3O. The second-order valence-corrected chi connectivity index (χ2v) is 5.86. The molecule has 8 heteroatoms. The minimum absolute atomic E-state index is 0.0623. The van der Waals surface area contributed by atoms with Crippen LogP contribution >= 0.6 is 0 Å². The summed E-state index contributed by atoms with van der Waals surface area (Å²) in [5.74, 6) is -0.476. The lowest BCUT2D eigenvalue weighted by atomic mass is 10.1. The molecule has 134 valence electrons. The van der Waals surface area contributed by atoms with Crippen LogP contribution in [-0.2, 0) is 12.7 Å². The zero-order chi connectivity index (χ0) is 17.7. The number of aliphatic imine (C=N–C) groups is 1. The van der Waals surface area contributed by atoms with Crippen molar-refractivity contribution in [3.05, 3.63) is 35.1 Å². The molecule has 1 aromatic carbocycles. The highest BCUT2D eigenvalue weighted by atomic mass is 19.4. The van der Waals surface area contributed by atoms with Gasteiger partial charge in [0.25, 0.3) is 0 Å². The molecule has 1 fully saturated rings. The Morgan fingerprint density at radius 2 is 2.04 bits per heavy atom. The minimum atomic E-state index is -4.62. The molecule has 1 aliphatic rings. The SMILES string of the molecule is CN=C(NCc1ccc(F)cc1C(F)(F)F)NCC1CCCC1O. The third kappa shape index (κ3) is 4.83. The Bertz CT molecular complexity index is 589. The van der Waals surface area contributed by atoms with Gasteiger partial charge in [-0.2, -0.15) is 13.2 Å².